The Hall–Kier alpha value is -1.94. The predicted octanol–water partition coefficient (Wildman–Crippen LogP) is 20.3. The number of phosphoric ester groups is 2. The first kappa shape index (κ1) is 87.1. The summed E-state index contributed by atoms with van der Waals surface area (Å²) in [6.45, 7) is 4.82. The van der Waals surface area contributed by atoms with E-state index in [1.165, 1.54) is 186 Å². The lowest BCUT2D eigenvalue weighted by atomic mass is 10.0. The molecule has 0 aromatic carbocycles. The smallest absolute Gasteiger partial charge is 0.462 e. The predicted molar refractivity (Wildman–Crippen MR) is 359 cm³/mol. The van der Waals surface area contributed by atoms with E-state index in [2.05, 4.69) is 27.7 Å². The van der Waals surface area contributed by atoms with Crippen LogP contribution in [0.1, 0.15) is 368 Å². The summed E-state index contributed by atoms with van der Waals surface area (Å²) < 4.78 is 68.0. The van der Waals surface area contributed by atoms with Crippen molar-refractivity contribution in [1.82, 2.24) is 0 Å². The molecule has 0 aliphatic carbocycles. The van der Waals surface area contributed by atoms with Crippen molar-refractivity contribution in [3.63, 3.8) is 0 Å². The highest BCUT2D eigenvalue weighted by molar-refractivity contribution is 7.47. The van der Waals surface area contributed by atoms with Gasteiger partial charge in [-0.3, -0.25) is 37.3 Å². The number of carbonyl (C=O) groups excluding carboxylic acids is 4. The van der Waals surface area contributed by atoms with Crippen molar-refractivity contribution >= 4 is 39.5 Å². The highest BCUT2D eigenvalue weighted by Crippen LogP contribution is 2.45. The lowest BCUT2D eigenvalue weighted by molar-refractivity contribution is -0.161. The van der Waals surface area contributed by atoms with E-state index in [1.807, 2.05) is 0 Å². The van der Waals surface area contributed by atoms with Crippen LogP contribution in [-0.4, -0.2) is 96.7 Å². The van der Waals surface area contributed by atoms with Gasteiger partial charge in [0.05, 0.1) is 26.4 Å². The number of unbranched alkanes of at least 4 members (excludes halogenated alkanes) is 45. The minimum Gasteiger partial charge on any atom is -0.462 e. The molecule has 0 radical (unpaired) electrons. The molecule has 0 saturated carbocycles. The van der Waals surface area contributed by atoms with Crippen molar-refractivity contribution in [3.8, 4) is 0 Å². The van der Waals surface area contributed by atoms with Crippen molar-refractivity contribution in [2.45, 2.75) is 386 Å². The van der Waals surface area contributed by atoms with Gasteiger partial charge in [-0.15, -0.1) is 0 Å². The van der Waals surface area contributed by atoms with Crippen LogP contribution in [0.5, 0.6) is 0 Å². The molecule has 89 heavy (non-hydrogen) atoms. The quantitative estimate of drug-likeness (QED) is 0.0222. The van der Waals surface area contributed by atoms with Gasteiger partial charge in [0.2, 0.25) is 0 Å². The fourth-order valence-electron chi connectivity index (χ4n) is 10.7. The number of phosphoric acid groups is 2. The van der Waals surface area contributed by atoms with E-state index in [-0.39, 0.29) is 25.7 Å². The van der Waals surface area contributed by atoms with E-state index >= 15 is 0 Å². The van der Waals surface area contributed by atoms with Crippen LogP contribution in [0.25, 0.3) is 0 Å². The molecule has 3 N–H and O–H groups in total. The Kier molecular flexibility index (Phi) is 63.3. The Morgan fingerprint density at radius 3 is 0.663 bits per heavy atom. The molecule has 0 saturated heterocycles. The molecule has 0 aliphatic rings. The van der Waals surface area contributed by atoms with E-state index in [9.17, 15) is 43.2 Å². The Balaban J connectivity index is 5.10. The van der Waals surface area contributed by atoms with Gasteiger partial charge in [0, 0.05) is 25.7 Å². The molecule has 5 atom stereocenters. The SMILES string of the molecule is CCCCCCCCCCCCCCCCCCCCCCC(=O)O[C@H](COC(=O)CCCCCCCCCCCCCCCCCC)COP(=O)(O)OC[C@@H](O)COP(=O)(O)OC[C@@H](COC(=O)CCCCCCC)OC(=O)CCCCCCCCCC. The summed E-state index contributed by atoms with van der Waals surface area (Å²) in [4.78, 5) is 72.1. The number of hydrogen-bond donors (Lipinski definition) is 3. The largest absolute Gasteiger partial charge is 0.472 e. The van der Waals surface area contributed by atoms with E-state index in [0.717, 1.165) is 103 Å². The summed E-state index contributed by atoms with van der Waals surface area (Å²) in [5, 5.41) is 10.5. The van der Waals surface area contributed by atoms with Crippen LogP contribution in [0.15, 0.2) is 0 Å². The lowest BCUT2D eigenvalue weighted by Crippen LogP contribution is -2.30. The van der Waals surface area contributed by atoms with Gasteiger partial charge < -0.3 is 33.8 Å². The van der Waals surface area contributed by atoms with Gasteiger partial charge in [-0.2, -0.15) is 0 Å². The second kappa shape index (κ2) is 64.8. The van der Waals surface area contributed by atoms with E-state index in [1.54, 1.807) is 0 Å². The fraction of sp³-hybridized carbons (Fsp3) is 0.943. The average molecular weight is 1310 g/mol. The first-order chi connectivity index (χ1) is 43.2. The Labute approximate surface area is 543 Å². The number of hydrogen-bond acceptors (Lipinski definition) is 15. The van der Waals surface area contributed by atoms with E-state index < -0.39 is 97.5 Å². The van der Waals surface area contributed by atoms with Gasteiger partial charge in [0.25, 0.3) is 0 Å². The van der Waals surface area contributed by atoms with Gasteiger partial charge in [0.1, 0.15) is 19.3 Å². The highest BCUT2D eigenvalue weighted by atomic mass is 31.2. The number of aliphatic hydroxyl groups excluding tert-OH is 1. The molecule has 0 spiro atoms. The lowest BCUT2D eigenvalue weighted by Gasteiger charge is -2.21. The molecule has 528 valence electrons. The molecular formula is C70H136O17P2. The Bertz CT molecular complexity index is 1710. The zero-order valence-corrected chi connectivity index (χ0v) is 59.2. The molecule has 2 unspecified atom stereocenters. The molecular weight excluding hydrogens is 1170 g/mol. The van der Waals surface area contributed by atoms with Gasteiger partial charge in [-0.1, -0.05) is 317 Å². The first-order valence-electron chi connectivity index (χ1n) is 36.8. The molecule has 0 aliphatic heterocycles. The summed E-state index contributed by atoms with van der Waals surface area (Å²) in [5.41, 5.74) is 0. The van der Waals surface area contributed by atoms with Crippen molar-refractivity contribution in [1.29, 1.82) is 0 Å². The van der Waals surface area contributed by atoms with Crippen LogP contribution in [0, 0.1) is 0 Å². The summed E-state index contributed by atoms with van der Waals surface area (Å²) in [7, 11) is -9.88. The molecule has 0 heterocycles. The third kappa shape index (κ3) is 64.6. The van der Waals surface area contributed by atoms with Crippen LogP contribution in [0.3, 0.4) is 0 Å². The minimum absolute atomic E-state index is 0.104. The minimum atomic E-state index is -4.95. The van der Waals surface area contributed by atoms with E-state index in [4.69, 9.17) is 37.0 Å². The Morgan fingerprint density at radius 2 is 0.449 bits per heavy atom. The molecule has 0 amide bonds. The average Bonchev–Trinajstić information content (AvgIpc) is 3.73. The molecule has 0 bridgehead atoms. The third-order valence-corrected chi connectivity index (χ3v) is 18.3. The summed E-state index contributed by atoms with van der Waals surface area (Å²) in [6, 6.07) is 0. The molecule has 0 aromatic rings. The van der Waals surface area contributed by atoms with Crippen molar-refractivity contribution < 1.29 is 80.2 Å². The van der Waals surface area contributed by atoms with Crippen LogP contribution in [-0.2, 0) is 65.4 Å². The highest BCUT2D eigenvalue weighted by Gasteiger charge is 2.30. The van der Waals surface area contributed by atoms with Gasteiger partial charge in [-0.05, 0) is 25.7 Å². The monoisotopic (exact) mass is 1310 g/mol. The maximum absolute atomic E-state index is 13.0. The maximum atomic E-state index is 13.0. The Morgan fingerprint density at radius 1 is 0.270 bits per heavy atom. The van der Waals surface area contributed by atoms with E-state index in [0.29, 0.717) is 25.7 Å². The van der Waals surface area contributed by atoms with Crippen LogP contribution in [0.2, 0.25) is 0 Å². The molecule has 0 rings (SSSR count). The standard InChI is InChI=1S/C70H136O17P2/c1-5-9-13-17-20-23-25-27-29-31-32-33-34-36-38-40-42-45-49-53-57-70(75)87-66(61-81-68(73)55-51-47-44-41-39-37-35-30-28-26-24-21-18-14-10-6-2)63-85-89(78,79)83-59-64(71)58-82-88(76,77)84-62-65(60-80-67(72)54-50-46-16-12-8-4)86-69(74)56-52-48-43-22-19-15-11-7-3/h64-66,71H,5-63H2,1-4H3,(H,76,77)(H,78,79)/t64-,65+,66+/m0/s1. The maximum Gasteiger partial charge on any atom is 0.472 e. The van der Waals surface area contributed by atoms with Crippen LogP contribution < -0.4 is 0 Å². The van der Waals surface area contributed by atoms with Crippen LogP contribution in [0.4, 0.5) is 0 Å². The van der Waals surface area contributed by atoms with Crippen molar-refractivity contribution in [3.05, 3.63) is 0 Å². The number of aliphatic hydroxyl groups is 1. The van der Waals surface area contributed by atoms with Crippen molar-refractivity contribution in [2.24, 2.45) is 0 Å². The second-order valence-corrected chi connectivity index (χ2v) is 28.2. The molecule has 17 nitrogen and oxygen atoms in total. The molecule has 0 fully saturated rings. The number of rotatable bonds is 71. The zero-order chi connectivity index (χ0) is 65.4. The molecule has 0 aromatic heterocycles. The summed E-state index contributed by atoms with van der Waals surface area (Å²) in [6.07, 6.45) is 53.3. The number of carbonyl (C=O) groups is 4. The first-order valence-corrected chi connectivity index (χ1v) is 39.8. The summed E-state index contributed by atoms with van der Waals surface area (Å²) in [5.74, 6) is -2.14. The third-order valence-electron chi connectivity index (χ3n) is 16.4. The number of esters is 4. The topological polar surface area (TPSA) is 237 Å². The zero-order valence-electron chi connectivity index (χ0n) is 57.4. The number of ether oxygens (including phenoxy) is 4. The van der Waals surface area contributed by atoms with Gasteiger partial charge in [-0.25, -0.2) is 9.13 Å². The fourth-order valence-corrected chi connectivity index (χ4v) is 12.3. The van der Waals surface area contributed by atoms with Gasteiger partial charge in [0.15, 0.2) is 12.2 Å². The van der Waals surface area contributed by atoms with Crippen LogP contribution >= 0.6 is 15.6 Å². The van der Waals surface area contributed by atoms with Crippen molar-refractivity contribution in [2.75, 3.05) is 39.6 Å². The normalized spacial score (nSPS) is 14.0. The second-order valence-electron chi connectivity index (χ2n) is 25.3. The summed E-state index contributed by atoms with van der Waals surface area (Å²) >= 11 is 0. The van der Waals surface area contributed by atoms with Gasteiger partial charge >= 0.3 is 39.5 Å². The molecule has 19 heteroatoms.